The normalized spacial score (nSPS) is 12.3. The molecule has 0 aliphatic heterocycles. The van der Waals surface area contributed by atoms with Crippen molar-refractivity contribution in [2.24, 2.45) is 0 Å². The van der Waals surface area contributed by atoms with Crippen LogP contribution in [0.2, 0.25) is 0 Å². The van der Waals surface area contributed by atoms with Crippen LogP contribution in [-0.4, -0.2) is 24.7 Å². The lowest BCUT2D eigenvalue weighted by Gasteiger charge is -2.17. The molecule has 140 valence electrons. The Morgan fingerprint density at radius 3 is 2.50 bits per heavy atom. The summed E-state index contributed by atoms with van der Waals surface area (Å²) in [6.45, 7) is 0.118. The molecule has 0 fully saturated rings. The number of nitrogens with one attached hydrogen (secondary N) is 1. The number of ether oxygens (including phenoxy) is 2. The minimum Gasteiger partial charge on any atom is -0.490 e. The molecule has 1 atom stereocenters. The average molecular weight is 388 g/mol. The number of benzene rings is 2. The highest BCUT2D eigenvalue weighted by Gasteiger charge is 2.30. The largest absolute Gasteiger partial charge is 0.490 e. The Morgan fingerprint density at radius 2 is 1.85 bits per heavy atom. The topological polar surface area (TPSA) is 47.6 Å². The van der Waals surface area contributed by atoms with Gasteiger partial charge >= 0.3 is 12.3 Å². The van der Waals surface area contributed by atoms with E-state index in [1.165, 1.54) is 12.1 Å². The predicted octanol–water partition coefficient (Wildman–Crippen LogP) is 4.62. The van der Waals surface area contributed by atoms with Crippen LogP contribution in [-0.2, 0) is 17.5 Å². The first-order valence-corrected chi connectivity index (χ1v) is 8.26. The van der Waals surface area contributed by atoms with Gasteiger partial charge in [-0.1, -0.05) is 36.4 Å². The quantitative estimate of drug-likeness (QED) is 0.705. The lowest BCUT2D eigenvalue weighted by molar-refractivity contribution is -0.137. The lowest BCUT2D eigenvalue weighted by atomic mass is 10.2. The van der Waals surface area contributed by atoms with Crippen molar-refractivity contribution in [1.82, 2.24) is 5.32 Å². The van der Waals surface area contributed by atoms with E-state index in [-0.39, 0.29) is 24.8 Å². The number of alkyl carbamates (subject to hydrolysis) is 1. The highest BCUT2D eigenvalue weighted by atomic mass is 35.5. The smallest absolute Gasteiger partial charge is 0.416 e. The van der Waals surface area contributed by atoms with Crippen molar-refractivity contribution in [3.05, 3.63) is 65.7 Å². The first-order chi connectivity index (χ1) is 12.4. The fourth-order valence-electron chi connectivity index (χ4n) is 2.02. The number of halogens is 4. The number of rotatable bonds is 7. The summed E-state index contributed by atoms with van der Waals surface area (Å²) in [4.78, 5) is 11.8. The maximum Gasteiger partial charge on any atom is 0.416 e. The first-order valence-electron chi connectivity index (χ1n) is 7.73. The van der Waals surface area contributed by atoms with Crippen molar-refractivity contribution in [3.8, 4) is 5.75 Å². The van der Waals surface area contributed by atoms with Gasteiger partial charge in [-0.2, -0.15) is 13.2 Å². The Morgan fingerprint density at radius 1 is 1.12 bits per heavy atom. The third-order valence-corrected chi connectivity index (χ3v) is 3.67. The summed E-state index contributed by atoms with van der Waals surface area (Å²) < 4.78 is 48.4. The molecule has 0 aliphatic carbocycles. The average Bonchev–Trinajstić information content (AvgIpc) is 2.64. The molecule has 0 saturated heterocycles. The fraction of sp³-hybridized carbons (Fsp3) is 0.278. The number of alkyl halides is 4. The Hall–Kier alpha value is -2.41. The zero-order chi connectivity index (χ0) is 19.0. The number of amides is 1. The van der Waals surface area contributed by atoms with Crippen molar-refractivity contribution >= 4 is 17.7 Å². The molecule has 1 amide bonds. The van der Waals surface area contributed by atoms with Gasteiger partial charge in [0.05, 0.1) is 11.4 Å². The lowest BCUT2D eigenvalue weighted by Crippen LogP contribution is -2.32. The molecule has 0 bridgehead atoms. The van der Waals surface area contributed by atoms with Gasteiger partial charge in [0.25, 0.3) is 0 Å². The Bertz CT molecular complexity index is 710. The summed E-state index contributed by atoms with van der Waals surface area (Å²) >= 11 is 5.73. The SMILES string of the molecule is O=C(NCc1ccccc1)OC(CCl)COc1cccc(C(F)(F)F)c1. The van der Waals surface area contributed by atoms with Gasteiger partial charge in [0.1, 0.15) is 12.4 Å². The van der Waals surface area contributed by atoms with E-state index in [9.17, 15) is 18.0 Å². The summed E-state index contributed by atoms with van der Waals surface area (Å²) in [5, 5.41) is 2.57. The van der Waals surface area contributed by atoms with Crippen LogP contribution in [0.25, 0.3) is 0 Å². The third kappa shape index (κ3) is 6.48. The molecule has 1 N–H and O–H groups in total. The molecule has 8 heteroatoms. The van der Waals surface area contributed by atoms with Gasteiger partial charge in [-0.3, -0.25) is 0 Å². The molecule has 0 aromatic heterocycles. The van der Waals surface area contributed by atoms with Gasteiger partial charge in [-0.25, -0.2) is 4.79 Å². The molecular formula is C18H17ClF3NO3. The van der Waals surface area contributed by atoms with Crippen LogP contribution in [0.3, 0.4) is 0 Å². The Balaban J connectivity index is 1.82. The first kappa shape index (κ1) is 19.9. The molecule has 2 aromatic carbocycles. The van der Waals surface area contributed by atoms with Crippen LogP contribution >= 0.6 is 11.6 Å². The molecule has 0 aliphatic rings. The van der Waals surface area contributed by atoms with Crippen LogP contribution in [0.5, 0.6) is 5.75 Å². The van der Waals surface area contributed by atoms with Gasteiger partial charge < -0.3 is 14.8 Å². The molecule has 0 radical (unpaired) electrons. The maximum absolute atomic E-state index is 12.7. The maximum atomic E-state index is 12.7. The molecule has 0 heterocycles. The standard InChI is InChI=1S/C18H17ClF3NO3/c19-10-16(26-17(24)23-11-13-5-2-1-3-6-13)12-25-15-8-4-7-14(9-15)18(20,21)22/h1-9,16H,10-12H2,(H,23,24). The highest BCUT2D eigenvalue weighted by molar-refractivity contribution is 6.18. The number of carbonyl (C=O) groups is 1. The van der Waals surface area contributed by atoms with Gasteiger partial charge in [0.15, 0.2) is 6.10 Å². The minimum absolute atomic E-state index is 0.0169. The monoisotopic (exact) mass is 387 g/mol. The molecule has 4 nitrogen and oxygen atoms in total. The second kappa shape index (κ2) is 9.33. The van der Waals surface area contributed by atoms with Crippen LogP contribution < -0.4 is 10.1 Å². The Labute approximate surface area is 153 Å². The zero-order valence-electron chi connectivity index (χ0n) is 13.6. The number of hydrogen-bond acceptors (Lipinski definition) is 3. The van der Waals surface area contributed by atoms with Crippen molar-refractivity contribution in [2.45, 2.75) is 18.8 Å². The fourth-order valence-corrected chi connectivity index (χ4v) is 2.18. The second-order valence-corrected chi connectivity index (χ2v) is 5.67. The summed E-state index contributed by atoms with van der Waals surface area (Å²) in [6.07, 6.45) is -5.95. The number of hydrogen-bond donors (Lipinski definition) is 1. The molecular weight excluding hydrogens is 371 g/mol. The molecule has 0 saturated carbocycles. The van der Waals surface area contributed by atoms with Crippen LogP contribution in [0.4, 0.5) is 18.0 Å². The van der Waals surface area contributed by atoms with E-state index < -0.39 is 23.9 Å². The predicted molar refractivity (Wildman–Crippen MR) is 91.2 cm³/mol. The molecule has 0 spiro atoms. The molecule has 26 heavy (non-hydrogen) atoms. The van der Waals surface area contributed by atoms with E-state index in [0.717, 1.165) is 17.7 Å². The van der Waals surface area contributed by atoms with E-state index in [1.54, 1.807) is 0 Å². The molecule has 1 unspecified atom stereocenters. The van der Waals surface area contributed by atoms with E-state index in [0.29, 0.717) is 0 Å². The van der Waals surface area contributed by atoms with E-state index in [2.05, 4.69) is 5.32 Å². The summed E-state index contributed by atoms with van der Waals surface area (Å²) in [5.74, 6) is -0.0409. The minimum atomic E-state index is -4.46. The van der Waals surface area contributed by atoms with Crippen molar-refractivity contribution in [2.75, 3.05) is 12.5 Å². The van der Waals surface area contributed by atoms with Crippen LogP contribution in [0.1, 0.15) is 11.1 Å². The van der Waals surface area contributed by atoms with E-state index in [4.69, 9.17) is 21.1 Å². The molecule has 2 aromatic rings. The van der Waals surface area contributed by atoms with Gasteiger partial charge in [0.2, 0.25) is 0 Å². The third-order valence-electron chi connectivity index (χ3n) is 3.32. The zero-order valence-corrected chi connectivity index (χ0v) is 14.4. The van der Waals surface area contributed by atoms with Gasteiger partial charge in [-0.05, 0) is 23.8 Å². The summed E-state index contributed by atoms with van der Waals surface area (Å²) in [6, 6.07) is 13.7. The van der Waals surface area contributed by atoms with Crippen LogP contribution in [0, 0.1) is 0 Å². The van der Waals surface area contributed by atoms with Crippen molar-refractivity contribution < 1.29 is 27.4 Å². The van der Waals surface area contributed by atoms with Gasteiger partial charge in [-0.15, -0.1) is 11.6 Å². The number of carbonyl (C=O) groups excluding carboxylic acids is 1. The van der Waals surface area contributed by atoms with Crippen molar-refractivity contribution in [3.63, 3.8) is 0 Å². The van der Waals surface area contributed by atoms with Gasteiger partial charge in [0, 0.05) is 6.54 Å². The Kier molecular flexibility index (Phi) is 7.15. The highest BCUT2D eigenvalue weighted by Crippen LogP contribution is 2.31. The summed E-state index contributed by atoms with van der Waals surface area (Å²) in [7, 11) is 0. The molecule has 2 rings (SSSR count). The van der Waals surface area contributed by atoms with E-state index in [1.807, 2.05) is 30.3 Å². The van der Waals surface area contributed by atoms with Crippen molar-refractivity contribution in [1.29, 1.82) is 0 Å². The summed E-state index contributed by atoms with van der Waals surface area (Å²) in [5.41, 5.74) is 0.0750. The van der Waals surface area contributed by atoms with Crippen LogP contribution in [0.15, 0.2) is 54.6 Å². The second-order valence-electron chi connectivity index (χ2n) is 5.36. The van der Waals surface area contributed by atoms with E-state index >= 15 is 0 Å².